The highest BCUT2D eigenvalue weighted by molar-refractivity contribution is 6.03. The Labute approximate surface area is 251 Å². The number of nitrogen functional groups attached to an aromatic ring is 1. The molecule has 0 aliphatic carbocycles. The molecule has 0 saturated heterocycles. The van der Waals surface area contributed by atoms with Crippen molar-refractivity contribution < 1.29 is 27.5 Å². The number of hydrogen-bond acceptors (Lipinski definition) is 7. The number of amides is 2. The van der Waals surface area contributed by atoms with Crippen LogP contribution in [0.5, 0.6) is 0 Å². The predicted molar refractivity (Wildman–Crippen MR) is 160 cm³/mol. The van der Waals surface area contributed by atoms with Crippen molar-refractivity contribution in [3.63, 3.8) is 0 Å². The van der Waals surface area contributed by atoms with Crippen LogP contribution in [0, 0.1) is 11.3 Å². The lowest BCUT2D eigenvalue weighted by Crippen LogP contribution is -2.57. The molecular formula is C31H30F3N7O3. The maximum atomic E-state index is 15.4. The maximum absolute atomic E-state index is 15.4. The summed E-state index contributed by atoms with van der Waals surface area (Å²) in [5, 5.41) is 14.5. The number of halogens is 3. The third kappa shape index (κ3) is 5.60. The molecule has 10 nitrogen and oxygen atoms in total. The number of hydrogen-bond donors (Lipinski definition) is 3. The second-order valence-electron chi connectivity index (χ2n) is 10.2. The van der Waals surface area contributed by atoms with Crippen molar-refractivity contribution in [3.8, 4) is 17.3 Å². The third-order valence-electron chi connectivity index (χ3n) is 7.05. The summed E-state index contributed by atoms with van der Waals surface area (Å²) in [7, 11) is 5.89. The van der Waals surface area contributed by atoms with Crippen LogP contribution in [0.3, 0.4) is 0 Å². The molecule has 2 aromatic heterocycles. The number of nitrogens with two attached hydrogens (primary N) is 1. The lowest BCUT2D eigenvalue weighted by Gasteiger charge is -2.36. The van der Waals surface area contributed by atoms with Crippen molar-refractivity contribution in [2.45, 2.75) is 18.4 Å². The standard InChI is InChI=1S/C31H30F3N7O3/c1-6-23(42)38-22-13-12-19(14-20(22)17-40(2)3)27-25(24-26(41(27)4)21(15-35)16-37-28(24)36)30(44-5,31(32,33)34)39-29(43)18-10-8-7-9-11-18/h6-14,16H,1,17H2,2-5H3,(H2,36,37)(H,38,42)(H,39,43). The molecule has 0 bridgehead atoms. The molecule has 0 spiro atoms. The molecule has 2 aromatic carbocycles. The molecule has 4 N–H and O–H groups in total. The fourth-order valence-corrected chi connectivity index (χ4v) is 5.15. The van der Waals surface area contributed by atoms with E-state index in [2.05, 4.69) is 22.2 Å². The van der Waals surface area contributed by atoms with Gasteiger partial charge >= 0.3 is 6.18 Å². The summed E-state index contributed by atoms with van der Waals surface area (Å²) >= 11 is 0. The fourth-order valence-electron chi connectivity index (χ4n) is 5.15. The number of nitrogens with one attached hydrogen (secondary N) is 2. The maximum Gasteiger partial charge on any atom is 0.441 e. The average molecular weight is 606 g/mol. The van der Waals surface area contributed by atoms with E-state index in [1.54, 1.807) is 32.3 Å². The Bertz CT molecular complexity index is 1790. The number of ether oxygens (including phenoxy) is 1. The van der Waals surface area contributed by atoms with Crippen LogP contribution in [0.1, 0.15) is 27.0 Å². The fraction of sp³-hybridized carbons (Fsp3) is 0.226. The van der Waals surface area contributed by atoms with Gasteiger partial charge < -0.3 is 30.6 Å². The van der Waals surface area contributed by atoms with Crippen LogP contribution in [0.25, 0.3) is 22.2 Å². The van der Waals surface area contributed by atoms with Gasteiger partial charge in [-0.05, 0) is 55.6 Å². The Morgan fingerprint density at radius 2 is 1.89 bits per heavy atom. The van der Waals surface area contributed by atoms with Crippen LogP contribution >= 0.6 is 0 Å². The van der Waals surface area contributed by atoms with Gasteiger partial charge in [-0.1, -0.05) is 30.8 Å². The number of rotatable bonds is 9. The van der Waals surface area contributed by atoms with Gasteiger partial charge in [0.15, 0.2) is 0 Å². The van der Waals surface area contributed by atoms with Crippen LogP contribution in [0.2, 0.25) is 0 Å². The number of nitriles is 1. The highest BCUT2D eigenvalue weighted by Crippen LogP contribution is 2.50. The molecule has 0 aliphatic heterocycles. The first-order valence-corrected chi connectivity index (χ1v) is 13.2. The highest BCUT2D eigenvalue weighted by atomic mass is 19.4. The zero-order valence-corrected chi connectivity index (χ0v) is 24.4. The first kappa shape index (κ1) is 31.7. The van der Waals surface area contributed by atoms with E-state index in [9.17, 15) is 14.9 Å². The summed E-state index contributed by atoms with van der Waals surface area (Å²) in [6.07, 6.45) is -2.98. The molecule has 44 heavy (non-hydrogen) atoms. The zero-order chi connectivity index (χ0) is 32.4. The van der Waals surface area contributed by atoms with E-state index in [1.807, 2.05) is 11.0 Å². The van der Waals surface area contributed by atoms with E-state index in [1.165, 1.54) is 48.1 Å². The Morgan fingerprint density at radius 1 is 1.20 bits per heavy atom. The van der Waals surface area contributed by atoms with Crippen LogP contribution in [-0.2, 0) is 28.8 Å². The van der Waals surface area contributed by atoms with Crippen molar-refractivity contribution in [3.05, 3.63) is 89.6 Å². The molecule has 0 saturated carbocycles. The van der Waals surface area contributed by atoms with Gasteiger partial charge in [0.1, 0.15) is 11.9 Å². The second-order valence-corrected chi connectivity index (χ2v) is 10.2. The number of carbonyl (C=O) groups is 2. The second kappa shape index (κ2) is 12.2. The Balaban J connectivity index is 2.14. The molecule has 2 heterocycles. The van der Waals surface area contributed by atoms with Gasteiger partial charge in [-0.15, -0.1) is 0 Å². The summed E-state index contributed by atoms with van der Waals surface area (Å²) in [6, 6.07) is 14.0. The number of aromatic nitrogens is 2. The quantitative estimate of drug-likeness (QED) is 0.186. The predicted octanol–water partition coefficient (Wildman–Crippen LogP) is 4.67. The SMILES string of the molecule is C=CC(=O)Nc1ccc(-c2c(C(NC(=O)c3ccccc3)(OC)C(F)(F)F)c3c(N)ncc(C#N)c3n2C)cc1CN(C)C. The molecule has 228 valence electrons. The summed E-state index contributed by atoms with van der Waals surface area (Å²) in [4.78, 5) is 31.3. The molecule has 1 atom stereocenters. The van der Waals surface area contributed by atoms with E-state index in [4.69, 9.17) is 10.5 Å². The number of methoxy groups -OCH3 is 1. The lowest BCUT2D eigenvalue weighted by atomic mass is 9.93. The normalized spacial score (nSPS) is 12.9. The number of nitrogens with zero attached hydrogens (tertiary/aromatic N) is 4. The van der Waals surface area contributed by atoms with Gasteiger partial charge in [-0.2, -0.15) is 18.4 Å². The van der Waals surface area contributed by atoms with Gasteiger partial charge in [0.25, 0.3) is 11.6 Å². The van der Waals surface area contributed by atoms with Crippen molar-refractivity contribution in [2.24, 2.45) is 7.05 Å². The first-order valence-electron chi connectivity index (χ1n) is 13.2. The monoisotopic (exact) mass is 605 g/mol. The average Bonchev–Trinajstić information content (AvgIpc) is 3.30. The molecule has 2 amide bonds. The topological polar surface area (TPSA) is 138 Å². The molecule has 0 aliphatic rings. The van der Waals surface area contributed by atoms with E-state index in [-0.39, 0.29) is 39.1 Å². The van der Waals surface area contributed by atoms with Crippen molar-refractivity contribution in [2.75, 3.05) is 32.3 Å². The number of fused-ring (bicyclic) bond motifs is 1. The summed E-state index contributed by atoms with van der Waals surface area (Å²) in [5.74, 6) is -1.84. The zero-order valence-electron chi connectivity index (χ0n) is 24.4. The molecule has 1 unspecified atom stereocenters. The number of benzene rings is 2. The van der Waals surface area contributed by atoms with E-state index in [0.717, 1.165) is 13.2 Å². The van der Waals surface area contributed by atoms with Crippen molar-refractivity contribution >= 4 is 34.2 Å². The molecule has 4 aromatic rings. The number of aryl methyl sites for hydroxylation is 1. The van der Waals surface area contributed by atoms with Gasteiger partial charge in [0, 0.05) is 38.1 Å². The molecular weight excluding hydrogens is 575 g/mol. The van der Waals surface area contributed by atoms with Gasteiger partial charge in [-0.3, -0.25) is 9.59 Å². The van der Waals surface area contributed by atoms with Crippen LogP contribution in [0.15, 0.2) is 67.4 Å². The van der Waals surface area contributed by atoms with Crippen molar-refractivity contribution in [1.29, 1.82) is 5.26 Å². The molecule has 4 rings (SSSR count). The minimum atomic E-state index is -5.24. The molecule has 0 radical (unpaired) electrons. The van der Waals surface area contributed by atoms with Crippen LogP contribution in [0.4, 0.5) is 24.7 Å². The number of carbonyl (C=O) groups excluding carboxylic acids is 2. The Morgan fingerprint density at radius 3 is 2.45 bits per heavy atom. The molecule has 0 fully saturated rings. The largest absolute Gasteiger partial charge is 0.441 e. The van der Waals surface area contributed by atoms with E-state index >= 15 is 13.2 Å². The van der Waals surface area contributed by atoms with E-state index < -0.39 is 29.3 Å². The third-order valence-corrected chi connectivity index (χ3v) is 7.05. The minimum absolute atomic E-state index is 0.0423. The van der Waals surface area contributed by atoms with Crippen molar-refractivity contribution in [1.82, 2.24) is 19.8 Å². The first-order chi connectivity index (χ1) is 20.8. The highest BCUT2D eigenvalue weighted by Gasteiger charge is 2.61. The number of anilines is 2. The Kier molecular flexibility index (Phi) is 8.80. The minimum Gasteiger partial charge on any atom is -0.383 e. The van der Waals surface area contributed by atoms with Gasteiger partial charge in [-0.25, -0.2) is 4.98 Å². The summed E-state index contributed by atoms with van der Waals surface area (Å²) in [5.41, 5.74) is 3.38. The summed E-state index contributed by atoms with van der Waals surface area (Å²) in [6.45, 7) is 3.76. The summed E-state index contributed by atoms with van der Waals surface area (Å²) < 4.78 is 53.0. The number of pyridine rings is 1. The van der Waals surface area contributed by atoms with Gasteiger partial charge in [0.05, 0.1) is 27.7 Å². The lowest BCUT2D eigenvalue weighted by molar-refractivity contribution is -0.284. The number of alkyl halides is 3. The van der Waals surface area contributed by atoms with Crippen LogP contribution in [-0.4, -0.2) is 53.6 Å². The van der Waals surface area contributed by atoms with E-state index in [0.29, 0.717) is 17.8 Å². The Hall–Kier alpha value is -5.19. The smallest absolute Gasteiger partial charge is 0.383 e. The van der Waals surface area contributed by atoms with Gasteiger partial charge in [0.2, 0.25) is 5.91 Å². The molecule has 13 heteroatoms. The van der Waals surface area contributed by atoms with Crippen LogP contribution < -0.4 is 16.4 Å².